The summed E-state index contributed by atoms with van der Waals surface area (Å²) in [6.45, 7) is 0. The third-order valence-corrected chi connectivity index (χ3v) is 14.9. The summed E-state index contributed by atoms with van der Waals surface area (Å²) in [7, 11) is 0. The number of thiophene rings is 4. The van der Waals surface area contributed by atoms with Crippen LogP contribution in [0.1, 0.15) is 0 Å². The van der Waals surface area contributed by atoms with Crippen LogP contribution in [0.2, 0.25) is 0 Å². The summed E-state index contributed by atoms with van der Waals surface area (Å²) in [4.78, 5) is 15.4. The van der Waals surface area contributed by atoms with E-state index in [0.717, 1.165) is 91.7 Å². The van der Waals surface area contributed by atoms with Crippen LogP contribution in [-0.4, -0.2) is 9.97 Å². The van der Waals surface area contributed by atoms with E-state index < -0.39 is 23.3 Å². The number of hydrogen-bond acceptors (Lipinski definition) is 8. The van der Waals surface area contributed by atoms with Gasteiger partial charge < -0.3 is 0 Å². The minimum Gasteiger partial charge on any atom is -0.222 e. The third-order valence-electron chi connectivity index (χ3n) is 8.10. The zero-order valence-electron chi connectivity index (χ0n) is 23.9. The van der Waals surface area contributed by atoms with Gasteiger partial charge >= 0.3 is 0 Å². The lowest BCUT2D eigenvalue weighted by atomic mass is 10.1. The summed E-state index contributed by atoms with van der Waals surface area (Å²) in [5, 5.41) is 6.11. The maximum atomic E-state index is 14.4. The maximum Gasteiger partial charge on any atom is 0.155 e. The number of hydrogen-bond donors (Lipinski definition) is 0. The summed E-state index contributed by atoms with van der Waals surface area (Å²) in [6, 6.07) is 24.1. The molecule has 0 atom stereocenters. The maximum absolute atomic E-state index is 14.4. The molecule has 0 spiro atoms. The normalized spacial score (nSPS) is 12.2. The second-order valence-electron chi connectivity index (χ2n) is 11.2. The van der Waals surface area contributed by atoms with Crippen molar-refractivity contribution in [3.8, 4) is 40.7 Å². The number of fused-ring (bicyclic) bond motifs is 5. The molecule has 0 radical (unpaired) electrons. The summed E-state index contributed by atoms with van der Waals surface area (Å²) in [5.41, 5.74) is 0.809. The molecule has 232 valence electrons. The molecule has 0 N–H and O–H groups in total. The van der Waals surface area contributed by atoms with Crippen LogP contribution >= 0.6 is 68.0 Å². The third kappa shape index (κ3) is 4.73. The number of nitrogens with zero attached hydrogens (tertiary/aromatic N) is 2. The van der Waals surface area contributed by atoms with Crippen LogP contribution in [0.5, 0.6) is 0 Å². The van der Waals surface area contributed by atoms with Crippen LogP contribution in [0.25, 0.3) is 90.7 Å². The van der Waals surface area contributed by atoms with Gasteiger partial charge in [0.1, 0.15) is 33.3 Å². The molecular weight excluding hydrogens is 729 g/mol. The first-order valence-electron chi connectivity index (χ1n) is 14.4. The van der Waals surface area contributed by atoms with Gasteiger partial charge in [0.15, 0.2) is 9.66 Å². The van der Waals surface area contributed by atoms with Crippen molar-refractivity contribution in [2.75, 3.05) is 0 Å². The molecule has 10 rings (SSSR count). The fourth-order valence-electron chi connectivity index (χ4n) is 5.85. The lowest BCUT2D eigenvalue weighted by Crippen LogP contribution is -1.83. The molecule has 0 bridgehead atoms. The summed E-state index contributed by atoms with van der Waals surface area (Å²) < 4.78 is 60.0. The van der Waals surface area contributed by atoms with Gasteiger partial charge in [-0.1, -0.05) is 22.7 Å². The highest BCUT2D eigenvalue weighted by Gasteiger charge is 2.18. The standard InChI is InChI=1S/C36H14F4N2S6/c37-19-1-3-21(23(39)13-19)29-9-15-5-27-17(7-25(15)43-29)11-31(45-27)33-41-35-36(47-33)42-34(48-35)32-12-18-8-26-16(6-28(18)46-32)10-30(44-26)22-4-2-20(38)14-24(22)40/h1-14H. The second-order valence-corrected chi connectivity index (χ2v) is 17.5. The first-order chi connectivity index (χ1) is 23.3. The van der Waals surface area contributed by atoms with Gasteiger partial charge in [-0.05, 0) is 94.3 Å². The topological polar surface area (TPSA) is 25.8 Å². The predicted octanol–water partition coefficient (Wildman–Crippen LogP) is 13.8. The Labute approximate surface area is 292 Å². The van der Waals surface area contributed by atoms with Crippen LogP contribution in [-0.2, 0) is 0 Å². The average molecular weight is 743 g/mol. The van der Waals surface area contributed by atoms with E-state index in [-0.39, 0.29) is 0 Å². The zero-order valence-corrected chi connectivity index (χ0v) is 28.8. The Hall–Kier alpha value is -4.04. The molecule has 6 heterocycles. The quantitative estimate of drug-likeness (QED) is 0.168. The first kappa shape index (κ1) is 28.9. The van der Waals surface area contributed by atoms with Crippen LogP contribution < -0.4 is 0 Å². The minimum absolute atomic E-state index is 0.404. The van der Waals surface area contributed by atoms with E-state index in [0.29, 0.717) is 11.1 Å². The Kier molecular flexibility index (Phi) is 6.47. The molecule has 0 fully saturated rings. The Morgan fingerprint density at radius 1 is 0.375 bits per heavy atom. The largest absolute Gasteiger partial charge is 0.222 e. The SMILES string of the molecule is Fc1ccc(-c2cc3cc4sc(-c5nc6sc(-c7cc8cc9sc(-c%10ccc(F)cc%10F)cc9cc8s7)nc6s5)cc4cc3s2)c(F)c1. The molecule has 2 nitrogen and oxygen atoms in total. The summed E-state index contributed by atoms with van der Waals surface area (Å²) in [5.74, 6) is -2.29. The van der Waals surface area contributed by atoms with Crippen LogP contribution in [0, 0.1) is 23.3 Å². The molecule has 0 amide bonds. The van der Waals surface area contributed by atoms with E-state index in [2.05, 4.69) is 36.4 Å². The van der Waals surface area contributed by atoms with Gasteiger partial charge in [0, 0.05) is 51.8 Å². The number of rotatable bonds is 4. The number of halogens is 4. The number of aromatic nitrogens is 2. The van der Waals surface area contributed by atoms with E-state index in [1.807, 2.05) is 12.1 Å². The number of thiazole rings is 2. The monoisotopic (exact) mass is 742 g/mol. The highest BCUT2D eigenvalue weighted by Crippen LogP contribution is 2.46. The lowest BCUT2D eigenvalue weighted by molar-refractivity contribution is 0.585. The van der Waals surface area contributed by atoms with Crippen molar-refractivity contribution in [2.24, 2.45) is 0 Å². The molecule has 4 aromatic carbocycles. The Bertz CT molecular complexity index is 2590. The van der Waals surface area contributed by atoms with Gasteiger partial charge in [-0.2, -0.15) is 0 Å². The molecule has 0 saturated carbocycles. The van der Waals surface area contributed by atoms with E-state index in [1.165, 1.54) is 46.9 Å². The van der Waals surface area contributed by atoms with Gasteiger partial charge in [0.2, 0.25) is 0 Å². The fraction of sp³-hybridized carbons (Fsp3) is 0. The first-order valence-corrected chi connectivity index (χ1v) is 19.3. The molecule has 0 aliphatic carbocycles. The van der Waals surface area contributed by atoms with E-state index in [9.17, 15) is 17.6 Å². The van der Waals surface area contributed by atoms with Gasteiger partial charge in [-0.3, -0.25) is 0 Å². The molecule has 0 saturated heterocycles. The van der Waals surface area contributed by atoms with Crippen molar-refractivity contribution in [3.05, 3.63) is 108 Å². The van der Waals surface area contributed by atoms with Gasteiger partial charge in [0.05, 0.1) is 9.75 Å². The molecular formula is C36H14F4N2S6. The second kappa shape index (κ2) is 10.7. The van der Waals surface area contributed by atoms with Crippen molar-refractivity contribution < 1.29 is 17.6 Å². The number of benzene rings is 4. The van der Waals surface area contributed by atoms with Crippen molar-refractivity contribution in [1.29, 1.82) is 0 Å². The smallest absolute Gasteiger partial charge is 0.155 e. The molecule has 0 unspecified atom stereocenters. The van der Waals surface area contributed by atoms with Crippen LogP contribution in [0.3, 0.4) is 0 Å². The van der Waals surface area contributed by atoms with E-state index in [4.69, 9.17) is 9.97 Å². The van der Waals surface area contributed by atoms with Crippen molar-refractivity contribution in [3.63, 3.8) is 0 Å². The van der Waals surface area contributed by atoms with Crippen molar-refractivity contribution >= 4 is 118 Å². The van der Waals surface area contributed by atoms with Gasteiger partial charge in [-0.25, -0.2) is 27.5 Å². The molecule has 12 heteroatoms. The van der Waals surface area contributed by atoms with E-state index >= 15 is 0 Å². The summed E-state index contributed by atoms with van der Waals surface area (Å²) >= 11 is 9.50. The fourth-order valence-corrected chi connectivity index (χ4v) is 12.4. The predicted molar refractivity (Wildman–Crippen MR) is 198 cm³/mol. The summed E-state index contributed by atoms with van der Waals surface area (Å²) in [6.07, 6.45) is 0. The zero-order chi connectivity index (χ0) is 32.3. The van der Waals surface area contributed by atoms with Crippen molar-refractivity contribution in [2.45, 2.75) is 0 Å². The van der Waals surface area contributed by atoms with Crippen LogP contribution in [0.15, 0.2) is 84.9 Å². The Morgan fingerprint density at radius 3 is 1.10 bits per heavy atom. The van der Waals surface area contributed by atoms with Gasteiger partial charge in [-0.15, -0.1) is 45.3 Å². The van der Waals surface area contributed by atoms with Crippen molar-refractivity contribution in [1.82, 2.24) is 9.97 Å². The van der Waals surface area contributed by atoms with E-state index in [1.54, 1.807) is 45.3 Å². The molecule has 10 aromatic rings. The Morgan fingerprint density at radius 2 is 0.729 bits per heavy atom. The van der Waals surface area contributed by atoms with Gasteiger partial charge in [0.25, 0.3) is 0 Å². The lowest BCUT2D eigenvalue weighted by Gasteiger charge is -1.98. The molecule has 6 aromatic heterocycles. The molecule has 0 aliphatic rings. The minimum atomic E-state index is -0.584. The molecule has 0 aliphatic heterocycles. The molecule has 48 heavy (non-hydrogen) atoms. The average Bonchev–Trinajstić information content (AvgIpc) is 3.87. The highest BCUT2D eigenvalue weighted by molar-refractivity contribution is 7.33. The Balaban J connectivity index is 0.945. The highest BCUT2D eigenvalue weighted by atomic mass is 32.1. The van der Waals surface area contributed by atoms with Crippen LogP contribution in [0.4, 0.5) is 17.6 Å².